The Morgan fingerprint density at radius 2 is 2.29 bits per heavy atom. The first-order valence-corrected chi connectivity index (χ1v) is 4.38. The lowest BCUT2D eigenvalue weighted by Crippen LogP contribution is -2.13. The molecular formula is C10H7ClFNO. The van der Waals surface area contributed by atoms with E-state index in [0.717, 1.165) is 6.07 Å². The van der Waals surface area contributed by atoms with Crippen molar-refractivity contribution in [3.8, 4) is 6.07 Å². The van der Waals surface area contributed by atoms with Crippen molar-refractivity contribution in [2.45, 2.75) is 12.3 Å². The van der Waals surface area contributed by atoms with Gasteiger partial charge in [0.25, 0.3) is 0 Å². The molecule has 0 N–H and O–H groups in total. The predicted molar refractivity (Wildman–Crippen MR) is 50.8 cm³/mol. The monoisotopic (exact) mass is 211 g/mol. The lowest BCUT2D eigenvalue weighted by Gasteiger charge is -2.04. The average Bonchev–Trinajstić information content (AvgIpc) is 2.16. The highest BCUT2D eigenvalue weighted by molar-refractivity contribution is 6.33. The summed E-state index contributed by atoms with van der Waals surface area (Å²) >= 11 is 5.56. The van der Waals surface area contributed by atoms with Crippen molar-refractivity contribution in [1.82, 2.24) is 0 Å². The van der Waals surface area contributed by atoms with Gasteiger partial charge in [-0.05, 0) is 19.1 Å². The number of hydrogen-bond acceptors (Lipinski definition) is 2. The molecule has 1 aromatic rings. The fraction of sp³-hybridized carbons (Fsp3) is 0.200. The van der Waals surface area contributed by atoms with Gasteiger partial charge in [0.05, 0.1) is 10.9 Å². The number of alkyl halides is 1. The second kappa shape index (κ2) is 4.21. The molecule has 0 bridgehead atoms. The summed E-state index contributed by atoms with van der Waals surface area (Å²) < 4.78 is 13.1. The van der Waals surface area contributed by atoms with Crippen LogP contribution in [-0.4, -0.2) is 11.2 Å². The highest BCUT2D eigenvalue weighted by Crippen LogP contribution is 2.16. The van der Waals surface area contributed by atoms with E-state index in [1.165, 1.54) is 19.1 Å². The second-order valence-electron chi connectivity index (χ2n) is 2.75. The van der Waals surface area contributed by atoms with Gasteiger partial charge in [0.2, 0.25) is 0 Å². The number of carbonyl (C=O) groups excluding carboxylic acids is 1. The smallest absolute Gasteiger partial charge is 0.181 e. The first-order chi connectivity index (χ1) is 6.57. The SMILES string of the molecule is CC(Cl)C(=O)c1cccc(F)c1C#N. The van der Waals surface area contributed by atoms with E-state index >= 15 is 0 Å². The van der Waals surface area contributed by atoms with Gasteiger partial charge in [-0.15, -0.1) is 11.6 Å². The van der Waals surface area contributed by atoms with Gasteiger partial charge in [-0.2, -0.15) is 5.26 Å². The Morgan fingerprint density at radius 1 is 1.64 bits per heavy atom. The predicted octanol–water partition coefficient (Wildman–Crippen LogP) is 2.51. The van der Waals surface area contributed by atoms with Crippen LogP contribution in [0.25, 0.3) is 0 Å². The minimum atomic E-state index is -0.760. The fourth-order valence-corrected chi connectivity index (χ4v) is 1.17. The lowest BCUT2D eigenvalue weighted by molar-refractivity contribution is 0.0991. The summed E-state index contributed by atoms with van der Waals surface area (Å²) in [5, 5.41) is 7.88. The summed E-state index contributed by atoms with van der Waals surface area (Å²) in [4.78, 5) is 11.4. The highest BCUT2D eigenvalue weighted by Gasteiger charge is 2.18. The maximum Gasteiger partial charge on any atom is 0.181 e. The number of ketones is 1. The van der Waals surface area contributed by atoms with Gasteiger partial charge in [-0.25, -0.2) is 4.39 Å². The molecule has 0 spiro atoms. The Morgan fingerprint density at radius 3 is 2.79 bits per heavy atom. The van der Waals surface area contributed by atoms with Gasteiger partial charge in [-0.3, -0.25) is 4.79 Å². The minimum absolute atomic E-state index is 0.0370. The highest BCUT2D eigenvalue weighted by atomic mass is 35.5. The topological polar surface area (TPSA) is 40.9 Å². The lowest BCUT2D eigenvalue weighted by atomic mass is 10.0. The molecule has 0 heterocycles. The van der Waals surface area contributed by atoms with Crippen molar-refractivity contribution in [2.75, 3.05) is 0 Å². The summed E-state index contributed by atoms with van der Waals surface area (Å²) in [5.41, 5.74) is -0.208. The molecule has 0 saturated carbocycles. The van der Waals surface area contributed by atoms with Crippen molar-refractivity contribution >= 4 is 17.4 Å². The van der Waals surface area contributed by atoms with E-state index in [4.69, 9.17) is 16.9 Å². The standard InChI is InChI=1S/C10H7ClFNO/c1-6(11)10(14)7-3-2-4-9(12)8(7)5-13/h2-4,6H,1H3. The molecule has 0 fully saturated rings. The molecular weight excluding hydrogens is 205 g/mol. The van der Waals surface area contributed by atoms with Crippen LogP contribution in [0.3, 0.4) is 0 Å². The summed E-state index contributed by atoms with van der Waals surface area (Å²) in [6.07, 6.45) is 0. The Labute approximate surface area is 85.9 Å². The van der Waals surface area contributed by atoms with E-state index in [1.807, 2.05) is 0 Å². The summed E-state index contributed by atoms with van der Waals surface area (Å²) in [7, 11) is 0. The molecule has 1 aromatic carbocycles. The normalized spacial score (nSPS) is 11.9. The van der Waals surface area contributed by atoms with E-state index in [2.05, 4.69) is 0 Å². The zero-order valence-corrected chi connectivity index (χ0v) is 8.18. The second-order valence-corrected chi connectivity index (χ2v) is 3.41. The Bertz CT molecular complexity index is 409. The number of nitrogens with zero attached hydrogens (tertiary/aromatic N) is 1. The molecule has 4 heteroatoms. The largest absolute Gasteiger partial charge is 0.292 e. The molecule has 1 rings (SSSR count). The third-order valence-electron chi connectivity index (χ3n) is 1.75. The third-order valence-corrected chi connectivity index (χ3v) is 1.95. The van der Waals surface area contributed by atoms with Crippen LogP contribution in [0.2, 0.25) is 0 Å². The maximum atomic E-state index is 13.1. The van der Waals surface area contributed by atoms with E-state index in [9.17, 15) is 9.18 Å². The minimum Gasteiger partial charge on any atom is -0.292 e. The molecule has 0 aliphatic carbocycles. The Balaban J connectivity index is 3.29. The Hall–Kier alpha value is -1.40. The number of Topliss-reactive ketones (excluding diaryl/α,β-unsaturated/α-hetero) is 1. The van der Waals surface area contributed by atoms with E-state index < -0.39 is 17.0 Å². The molecule has 0 aliphatic heterocycles. The van der Waals surface area contributed by atoms with Crippen molar-refractivity contribution in [1.29, 1.82) is 5.26 Å². The molecule has 0 saturated heterocycles. The number of hydrogen-bond donors (Lipinski definition) is 0. The average molecular weight is 212 g/mol. The van der Waals surface area contributed by atoms with Gasteiger partial charge < -0.3 is 0 Å². The van der Waals surface area contributed by atoms with Crippen LogP contribution in [0, 0.1) is 17.1 Å². The number of nitriles is 1. The van der Waals surface area contributed by atoms with Gasteiger partial charge in [0, 0.05) is 5.56 Å². The molecule has 2 nitrogen and oxygen atoms in total. The summed E-state index contributed by atoms with van der Waals surface area (Å²) in [6.45, 7) is 1.48. The van der Waals surface area contributed by atoms with E-state index in [-0.39, 0.29) is 11.1 Å². The van der Waals surface area contributed by atoms with Crippen molar-refractivity contribution in [2.24, 2.45) is 0 Å². The number of rotatable bonds is 2. The summed E-state index contributed by atoms with van der Waals surface area (Å²) in [6, 6.07) is 5.55. The molecule has 0 aliphatic rings. The van der Waals surface area contributed by atoms with Gasteiger partial charge >= 0.3 is 0 Å². The zero-order chi connectivity index (χ0) is 10.7. The van der Waals surface area contributed by atoms with Crippen LogP contribution < -0.4 is 0 Å². The maximum absolute atomic E-state index is 13.1. The molecule has 1 unspecified atom stereocenters. The van der Waals surface area contributed by atoms with Gasteiger partial charge in [0.1, 0.15) is 11.9 Å². The Kier molecular flexibility index (Phi) is 3.21. The van der Waals surface area contributed by atoms with Gasteiger partial charge in [0.15, 0.2) is 5.78 Å². The van der Waals surface area contributed by atoms with Crippen LogP contribution in [0.5, 0.6) is 0 Å². The zero-order valence-electron chi connectivity index (χ0n) is 7.42. The van der Waals surface area contributed by atoms with Crippen LogP contribution in [0.15, 0.2) is 18.2 Å². The number of benzene rings is 1. The quantitative estimate of drug-likeness (QED) is 0.557. The van der Waals surface area contributed by atoms with Crippen LogP contribution in [-0.2, 0) is 0 Å². The fourth-order valence-electron chi connectivity index (χ4n) is 1.06. The molecule has 14 heavy (non-hydrogen) atoms. The van der Waals surface area contributed by atoms with Gasteiger partial charge in [-0.1, -0.05) is 6.07 Å². The van der Waals surface area contributed by atoms with E-state index in [1.54, 1.807) is 6.07 Å². The number of carbonyl (C=O) groups is 1. The summed E-state index contributed by atoms with van der Waals surface area (Å²) in [5.74, 6) is -1.14. The van der Waals surface area contributed by atoms with Crippen LogP contribution >= 0.6 is 11.6 Å². The number of halogens is 2. The van der Waals surface area contributed by atoms with Crippen LogP contribution in [0.1, 0.15) is 22.8 Å². The molecule has 1 atom stereocenters. The molecule has 0 radical (unpaired) electrons. The molecule has 72 valence electrons. The first-order valence-electron chi connectivity index (χ1n) is 3.94. The van der Waals surface area contributed by atoms with Crippen molar-refractivity contribution in [3.63, 3.8) is 0 Å². The van der Waals surface area contributed by atoms with Crippen LogP contribution in [0.4, 0.5) is 4.39 Å². The van der Waals surface area contributed by atoms with Crippen molar-refractivity contribution in [3.05, 3.63) is 35.1 Å². The van der Waals surface area contributed by atoms with E-state index in [0.29, 0.717) is 0 Å². The van der Waals surface area contributed by atoms with Crippen molar-refractivity contribution < 1.29 is 9.18 Å². The molecule has 0 amide bonds. The molecule has 0 aromatic heterocycles. The third kappa shape index (κ3) is 1.91. The first kappa shape index (κ1) is 10.7.